The van der Waals surface area contributed by atoms with E-state index in [1.807, 2.05) is 31.2 Å². The van der Waals surface area contributed by atoms with Crippen molar-refractivity contribution in [3.8, 4) is 11.5 Å². The zero-order valence-electron chi connectivity index (χ0n) is 13.2. The van der Waals surface area contributed by atoms with Gasteiger partial charge in [0.05, 0.1) is 18.0 Å². The van der Waals surface area contributed by atoms with E-state index in [9.17, 15) is 13.2 Å². The highest BCUT2D eigenvalue weighted by Gasteiger charge is 2.16. The van der Waals surface area contributed by atoms with Crippen molar-refractivity contribution in [2.75, 3.05) is 11.5 Å². The lowest BCUT2D eigenvalue weighted by atomic mass is 10.1. The third kappa shape index (κ3) is 5.21. The Balaban J connectivity index is 1.92. The van der Waals surface area contributed by atoms with Gasteiger partial charge in [-0.2, -0.15) is 0 Å². The smallest absolute Gasteiger partial charge is 0.235 e. The molecule has 1 aromatic carbocycles. The van der Waals surface area contributed by atoms with Crippen molar-refractivity contribution < 1.29 is 17.6 Å². The summed E-state index contributed by atoms with van der Waals surface area (Å²) in [4.78, 5) is 16.0. The molecule has 124 valence electrons. The first-order valence-corrected chi connectivity index (χ1v) is 9.20. The van der Waals surface area contributed by atoms with Crippen LogP contribution in [0.15, 0.2) is 34.9 Å². The second kappa shape index (κ2) is 7.41. The van der Waals surface area contributed by atoms with Gasteiger partial charge in [0.1, 0.15) is 12.0 Å². The van der Waals surface area contributed by atoms with Crippen LogP contribution in [0.5, 0.6) is 0 Å². The van der Waals surface area contributed by atoms with Crippen molar-refractivity contribution in [1.82, 2.24) is 10.3 Å². The molecule has 0 radical (unpaired) electrons. The van der Waals surface area contributed by atoms with Crippen molar-refractivity contribution in [3.05, 3.63) is 41.8 Å². The van der Waals surface area contributed by atoms with E-state index in [1.54, 1.807) is 6.92 Å². The second-order valence-electron chi connectivity index (χ2n) is 5.38. The van der Waals surface area contributed by atoms with E-state index in [2.05, 4.69) is 10.3 Å². The van der Waals surface area contributed by atoms with Gasteiger partial charge in [-0.25, -0.2) is 13.4 Å². The molecule has 2 rings (SSSR count). The third-order valence-electron chi connectivity index (χ3n) is 3.18. The van der Waals surface area contributed by atoms with Gasteiger partial charge in [-0.3, -0.25) is 4.79 Å². The Morgan fingerprint density at radius 2 is 1.96 bits per heavy atom. The Labute approximate surface area is 135 Å². The van der Waals surface area contributed by atoms with Crippen molar-refractivity contribution in [2.24, 2.45) is 0 Å². The van der Waals surface area contributed by atoms with Gasteiger partial charge in [0.2, 0.25) is 11.8 Å². The molecule has 1 aromatic heterocycles. The number of aryl methyl sites for hydroxylation is 1. The first kappa shape index (κ1) is 17.2. The quantitative estimate of drug-likeness (QED) is 0.836. The Morgan fingerprint density at radius 1 is 1.26 bits per heavy atom. The Hall–Kier alpha value is -2.15. The first-order valence-electron chi connectivity index (χ1n) is 7.38. The molecule has 0 atom stereocenters. The van der Waals surface area contributed by atoms with Crippen LogP contribution < -0.4 is 5.32 Å². The molecule has 0 spiro atoms. The molecule has 0 aliphatic carbocycles. The minimum Gasteiger partial charge on any atom is -0.444 e. The number of amides is 1. The first-order chi connectivity index (χ1) is 10.9. The number of rotatable bonds is 7. The van der Waals surface area contributed by atoms with E-state index in [-0.39, 0.29) is 12.3 Å². The van der Waals surface area contributed by atoms with E-state index in [0.717, 1.165) is 11.1 Å². The number of carbonyl (C=O) groups is 1. The topological polar surface area (TPSA) is 89.3 Å². The van der Waals surface area contributed by atoms with Gasteiger partial charge in [-0.15, -0.1) is 0 Å². The summed E-state index contributed by atoms with van der Waals surface area (Å²) in [6, 6.07) is 7.72. The van der Waals surface area contributed by atoms with Crippen molar-refractivity contribution in [3.63, 3.8) is 0 Å². The van der Waals surface area contributed by atoms with Crippen molar-refractivity contribution in [1.29, 1.82) is 0 Å². The maximum Gasteiger partial charge on any atom is 0.235 e. The van der Waals surface area contributed by atoms with E-state index >= 15 is 0 Å². The number of benzene rings is 1. The Kier molecular flexibility index (Phi) is 5.54. The van der Waals surface area contributed by atoms with Crippen molar-refractivity contribution in [2.45, 2.75) is 26.8 Å². The van der Waals surface area contributed by atoms with Gasteiger partial charge < -0.3 is 9.73 Å². The van der Waals surface area contributed by atoms with Crippen LogP contribution in [-0.4, -0.2) is 30.8 Å². The van der Waals surface area contributed by atoms with E-state index in [1.165, 1.54) is 6.26 Å². The zero-order valence-corrected chi connectivity index (χ0v) is 14.0. The highest BCUT2D eigenvalue weighted by atomic mass is 32.2. The van der Waals surface area contributed by atoms with Gasteiger partial charge >= 0.3 is 0 Å². The average Bonchev–Trinajstić information content (AvgIpc) is 2.94. The SMILES string of the molecule is CCCS(=O)(=O)CC(=O)NCc1coc(-c2ccc(C)cc2)n1. The van der Waals surface area contributed by atoms with Gasteiger partial charge in [-0.1, -0.05) is 24.6 Å². The monoisotopic (exact) mass is 336 g/mol. The fourth-order valence-corrected chi connectivity index (χ4v) is 3.31. The van der Waals surface area contributed by atoms with Crippen LogP contribution in [-0.2, 0) is 21.2 Å². The van der Waals surface area contributed by atoms with Gasteiger partial charge in [0, 0.05) is 5.56 Å². The van der Waals surface area contributed by atoms with Crippen molar-refractivity contribution >= 4 is 15.7 Å². The fourth-order valence-electron chi connectivity index (χ4n) is 2.04. The van der Waals surface area contributed by atoms with Gasteiger partial charge in [-0.05, 0) is 25.5 Å². The molecule has 0 saturated heterocycles. The summed E-state index contributed by atoms with van der Waals surface area (Å²) < 4.78 is 28.5. The minimum atomic E-state index is -3.33. The molecule has 7 heteroatoms. The number of hydrogen-bond acceptors (Lipinski definition) is 5. The van der Waals surface area contributed by atoms with E-state index < -0.39 is 21.5 Å². The summed E-state index contributed by atoms with van der Waals surface area (Å²) in [5, 5.41) is 2.55. The lowest BCUT2D eigenvalue weighted by molar-refractivity contribution is -0.118. The second-order valence-corrected chi connectivity index (χ2v) is 7.56. The molecule has 6 nitrogen and oxygen atoms in total. The Morgan fingerprint density at radius 3 is 2.61 bits per heavy atom. The molecular formula is C16H20N2O4S. The lowest BCUT2D eigenvalue weighted by Crippen LogP contribution is -2.30. The van der Waals surface area contributed by atoms with Gasteiger partial charge in [0.25, 0.3) is 0 Å². The molecule has 2 aromatic rings. The number of nitrogens with zero attached hydrogens (tertiary/aromatic N) is 1. The van der Waals surface area contributed by atoms with Crippen LogP contribution in [0.4, 0.5) is 0 Å². The summed E-state index contributed by atoms with van der Waals surface area (Å²) in [5.41, 5.74) is 2.53. The molecule has 0 unspecified atom stereocenters. The number of sulfone groups is 1. The predicted octanol–water partition coefficient (Wildman–Crippen LogP) is 2.09. The third-order valence-corrected chi connectivity index (χ3v) is 4.92. The molecule has 0 aliphatic heterocycles. The summed E-state index contributed by atoms with van der Waals surface area (Å²) in [7, 11) is -3.33. The number of hydrogen-bond donors (Lipinski definition) is 1. The summed E-state index contributed by atoms with van der Waals surface area (Å²) in [6.07, 6.45) is 1.95. The number of aromatic nitrogens is 1. The number of oxazole rings is 1. The van der Waals surface area contributed by atoms with Crippen LogP contribution in [0.25, 0.3) is 11.5 Å². The molecular weight excluding hydrogens is 316 g/mol. The number of nitrogens with one attached hydrogen (secondary N) is 1. The normalized spacial score (nSPS) is 11.4. The highest BCUT2D eigenvalue weighted by Crippen LogP contribution is 2.18. The lowest BCUT2D eigenvalue weighted by Gasteiger charge is -2.03. The van der Waals surface area contributed by atoms with Crippen LogP contribution in [0.2, 0.25) is 0 Å². The van der Waals surface area contributed by atoms with E-state index in [0.29, 0.717) is 18.0 Å². The minimum absolute atomic E-state index is 0.0158. The molecule has 1 heterocycles. The maximum absolute atomic E-state index is 11.7. The summed E-state index contributed by atoms with van der Waals surface area (Å²) in [5.74, 6) is -0.544. The molecule has 0 saturated carbocycles. The van der Waals surface area contributed by atoms with Crippen LogP contribution >= 0.6 is 0 Å². The predicted molar refractivity (Wildman–Crippen MR) is 87.5 cm³/mol. The molecule has 0 fully saturated rings. The summed E-state index contributed by atoms with van der Waals surface area (Å²) >= 11 is 0. The zero-order chi connectivity index (χ0) is 16.9. The van der Waals surface area contributed by atoms with Gasteiger partial charge in [0.15, 0.2) is 9.84 Å². The maximum atomic E-state index is 11.7. The molecule has 1 amide bonds. The largest absolute Gasteiger partial charge is 0.444 e. The van der Waals surface area contributed by atoms with Crippen LogP contribution in [0.1, 0.15) is 24.6 Å². The number of carbonyl (C=O) groups excluding carboxylic acids is 1. The highest BCUT2D eigenvalue weighted by molar-refractivity contribution is 7.92. The average molecular weight is 336 g/mol. The van der Waals surface area contributed by atoms with Crippen LogP contribution in [0, 0.1) is 6.92 Å². The standard InChI is InChI=1S/C16H20N2O4S/c1-3-8-23(20,21)11-15(19)17-9-14-10-22-16(18-14)13-6-4-12(2)5-7-13/h4-7,10H,3,8-9,11H2,1-2H3,(H,17,19). The summed E-state index contributed by atoms with van der Waals surface area (Å²) in [6.45, 7) is 3.89. The van der Waals surface area contributed by atoms with Crippen LogP contribution in [0.3, 0.4) is 0 Å². The Bertz CT molecular complexity index is 764. The molecule has 0 aliphatic rings. The molecule has 23 heavy (non-hydrogen) atoms. The molecule has 0 bridgehead atoms. The fraction of sp³-hybridized carbons (Fsp3) is 0.375. The molecule has 1 N–H and O–H groups in total. The van der Waals surface area contributed by atoms with E-state index in [4.69, 9.17) is 4.42 Å².